The van der Waals surface area contributed by atoms with E-state index < -0.39 is 0 Å². The van der Waals surface area contributed by atoms with E-state index in [0.717, 1.165) is 17.3 Å². The Hall–Kier alpha value is -0.390. The first kappa shape index (κ1) is 15.0. The molecule has 0 amide bonds. The summed E-state index contributed by atoms with van der Waals surface area (Å²) < 4.78 is 2.36. The first-order valence-corrected chi connectivity index (χ1v) is 8.15. The second kappa shape index (κ2) is 7.41. The fraction of sp³-hybridized carbons (Fsp3) is 0.250. The van der Waals surface area contributed by atoms with Crippen molar-refractivity contribution in [2.24, 2.45) is 5.92 Å². The van der Waals surface area contributed by atoms with Crippen LogP contribution in [0, 0.1) is 9.49 Å². The molecule has 2 rings (SSSR count). The summed E-state index contributed by atoms with van der Waals surface area (Å²) >= 11 is 5.87. The van der Waals surface area contributed by atoms with Gasteiger partial charge in [0.15, 0.2) is 0 Å². The lowest BCUT2D eigenvalue weighted by molar-refractivity contribution is 0.225. The van der Waals surface area contributed by atoms with E-state index in [1.807, 2.05) is 12.1 Å². The second-order valence-electron chi connectivity index (χ2n) is 4.67. The van der Waals surface area contributed by atoms with Crippen molar-refractivity contribution in [2.45, 2.75) is 12.8 Å². The van der Waals surface area contributed by atoms with E-state index in [1.165, 1.54) is 14.7 Å². The largest absolute Gasteiger partial charge is 0.396 e. The van der Waals surface area contributed by atoms with Crippen LogP contribution in [0.25, 0.3) is 0 Å². The smallest absolute Gasteiger partial charge is 0.0465 e. The van der Waals surface area contributed by atoms with Gasteiger partial charge in [0.25, 0.3) is 0 Å². The molecule has 0 heterocycles. The molecule has 0 spiro atoms. The van der Waals surface area contributed by atoms with Gasteiger partial charge >= 0.3 is 0 Å². The maximum Gasteiger partial charge on any atom is 0.0465 e. The summed E-state index contributed by atoms with van der Waals surface area (Å²) in [5.41, 5.74) is 2.54. The molecule has 2 aromatic carbocycles. The minimum atomic E-state index is 0.216. The van der Waals surface area contributed by atoms with Crippen molar-refractivity contribution in [3.8, 4) is 0 Å². The molecule has 100 valence electrons. The zero-order valence-corrected chi connectivity index (χ0v) is 14.3. The number of hydrogen-bond acceptors (Lipinski definition) is 1. The number of halogens is 2. The number of hydrogen-bond donors (Lipinski definition) is 1. The molecule has 1 unspecified atom stereocenters. The molecule has 0 aliphatic heterocycles. The Morgan fingerprint density at radius 1 is 1.00 bits per heavy atom. The highest BCUT2D eigenvalue weighted by Gasteiger charge is 2.11. The minimum Gasteiger partial charge on any atom is -0.396 e. The Kier molecular flexibility index (Phi) is 5.85. The fourth-order valence-electron chi connectivity index (χ4n) is 2.13. The topological polar surface area (TPSA) is 20.2 Å². The molecule has 0 bridgehead atoms. The Morgan fingerprint density at radius 3 is 2.32 bits per heavy atom. The van der Waals surface area contributed by atoms with Crippen molar-refractivity contribution in [3.63, 3.8) is 0 Å². The summed E-state index contributed by atoms with van der Waals surface area (Å²) in [5, 5.41) is 9.58. The zero-order valence-electron chi connectivity index (χ0n) is 10.5. The molecule has 0 aromatic heterocycles. The van der Waals surface area contributed by atoms with Gasteiger partial charge < -0.3 is 5.11 Å². The molecule has 0 radical (unpaired) electrons. The molecule has 0 aliphatic rings. The first-order valence-electron chi connectivity index (χ1n) is 6.27. The van der Waals surface area contributed by atoms with Gasteiger partial charge in [-0.1, -0.05) is 46.3 Å². The highest BCUT2D eigenvalue weighted by Crippen LogP contribution is 2.21. The van der Waals surface area contributed by atoms with Crippen LogP contribution in [0.15, 0.2) is 53.0 Å². The monoisotopic (exact) mass is 430 g/mol. The van der Waals surface area contributed by atoms with Crippen LogP contribution in [0.3, 0.4) is 0 Å². The van der Waals surface area contributed by atoms with E-state index in [-0.39, 0.29) is 12.5 Å². The summed E-state index contributed by atoms with van der Waals surface area (Å²) in [5.74, 6) is 0.263. The molecule has 0 fully saturated rings. The third-order valence-corrected chi connectivity index (χ3v) is 4.66. The van der Waals surface area contributed by atoms with Gasteiger partial charge in [-0.15, -0.1) is 0 Å². The predicted octanol–water partition coefficient (Wildman–Crippen LogP) is 4.45. The van der Waals surface area contributed by atoms with E-state index in [2.05, 4.69) is 74.9 Å². The van der Waals surface area contributed by atoms with Gasteiger partial charge in [-0.2, -0.15) is 0 Å². The normalized spacial score (nSPS) is 12.4. The Labute approximate surface area is 136 Å². The number of rotatable bonds is 5. The van der Waals surface area contributed by atoms with Gasteiger partial charge in [-0.05, 0) is 70.7 Å². The SMILES string of the molecule is OCC(Cc1ccc(I)cc1)Cc1ccccc1Br. The first-order chi connectivity index (χ1) is 9.19. The summed E-state index contributed by atoms with van der Waals surface area (Å²) in [6.07, 6.45) is 1.80. The van der Waals surface area contributed by atoms with Gasteiger partial charge in [-0.3, -0.25) is 0 Å². The van der Waals surface area contributed by atoms with Crippen molar-refractivity contribution in [3.05, 3.63) is 67.7 Å². The summed E-state index contributed by atoms with van der Waals surface area (Å²) in [4.78, 5) is 0. The molecule has 19 heavy (non-hydrogen) atoms. The average molecular weight is 431 g/mol. The summed E-state index contributed by atoms with van der Waals surface area (Å²) in [7, 11) is 0. The molecule has 1 N–H and O–H groups in total. The molecule has 1 nitrogen and oxygen atoms in total. The summed E-state index contributed by atoms with van der Waals surface area (Å²) in [6, 6.07) is 16.7. The van der Waals surface area contributed by atoms with Crippen molar-refractivity contribution in [1.82, 2.24) is 0 Å². The van der Waals surface area contributed by atoms with Crippen LogP contribution in [-0.4, -0.2) is 11.7 Å². The zero-order chi connectivity index (χ0) is 13.7. The lowest BCUT2D eigenvalue weighted by atomic mass is 9.93. The molecule has 2 aromatic rings. The van der Waals surface area contributed by atoms with Gasteiger partial charge in [-0.25, -0.2) is 0 Å². The Morgan fingerprint density at radius 2 is 1.68 bits per heavy atom. The molecule has 0 saturated carbocycles. The van der Waals surface area contributed by atoms with E-state index in [0.29, 0.717) is 0 Å². The van der Waals surface area contributed by atoms with E-state index in [4.69, 9.17) is 0 Å². The van der Waals surface area contributed by atoms with Gasteiger partial charge in [0.2, 0.25) is 0 Å². The van der Waals surface area contributed by atoms with Crippen LogP contribution in [0.2, 0.25) is 0 Å². The maximum absolute atomic E-state index is 9.58. The van der Waals surface area contributed by atoms with Crippen LogP contribution in [0.4, 0.5) is 0 Å². The number of aliphatic hydroxyl groups excluding tert-OH is 1. The van der Waals surface area contributed by atoms with E-state index in [9.17, 15) is 5.11 Å². The minimum absolute atomic E-state index is 0.216. The lowest BCUT2D eigenvalue weighted by Gasteiger charge is -2.15. The average Bonchev–Trinajstić information content (AvgIpc) is 2.43. The molecule has 0 saturated heterocycles. The van der Waals surface area contributed by atoms with Crippen LogP contribution in [0.5, 0.6) is 0 Å². The van der Waals surface area contributed by atoms with Crippen molar-refractivity contribution < 1.29 is 5.11 Å². The summed E-state index contributed by atoms with van der Waals surface area (Å²) in [6.45, 7) is 0.216. The van der Waals surface area contributed by atoms with Crippen LogP contribution in [0.1, 0.15) is 11.1 Å². The molecule has 3 heteroatoms. The number of benzene rings is 2. The molecule has 0 aliphatic carbocycles. The van der Waals surface area contributed by atoms with Crippen LogP contribution < -0.4 is 0 Å². The molecule has 1 atom stereocenters. The van der Waals surface area contributed by atoms with Gasteiger partial charge in [0.05, 0.1) is 0 Å². The van der Waals surface area contributed by atoms with E-state index >= 15 is 0 Å². The third kappa shape index (κ3) is 4.58. The van der Waals surface area contributed by atoms with Crippen molar-refractivity contribution in [2.75, 3.05) is 6.61 Å². The Bertz CT molecular complexity index is 525. The van der Waals surface area contributed by atoms with Gasteiger partial charge in [0, 0.05) is 14.6 Å². The van der Waals surface area contributed by atoms with Gasteiger partial charge in [0.1, 0.15) is 0 Å². The maximum atomic E-state index is 9.58. The van der Waals surface area contributed by atoms with Crippen LogP contribution >= 0.6 is 38.5 Å². The standard InChI is InChI=1S/C16H16BrIO/c17-16-4-2-1-3-14(16)10-13(11-19)9-12-5-7-15(18)8-6-12/h1-8,13,19H,9-11H2. The van der Waals surface area contributed by atoms with E-state index in [1.54, 1.807) is 0 Å². The molecular formula is C16H16BrIO. The third-order valence-electron chi connectivity index (χ3n) is 3.16. The second-order valence-corrected chi connectivity index (χ2v) is 6.77. The van der Waals surface area contributed by atoms with Crippen molar-refractivity contribution >= 4 is 38.5 Å². The van der Waals surface area contributed by atoms with Crippen molar-refractivity contribution in [1.29, 1.82) is 0 Å². The lowest BCUT2D eigenvalue weighted by Crippen LogP contribution is -2.13. The quantitative estimate of drug-likeness (QED) is 0.695. The predicted molar refractivity (Wildman–Crippen MR) is 91.3 cm³/mol. The highest BCUT2D eigenvalue weighted by molar-refractivity contribution is 14.1. The van der Waals surface area contributed by atoms with Crippen LogP contribution in [-0.2, 0) is 12.8 Å². The fourth-order valence-corrected chi connectivity index (χ4v) is 2.94. The molecular weight excluding hydrogens is 415 g/mol. The number of aliphatic hydroxyl groups is 1. The highest BCUT2D eigenvalue weighted by atomic mass is 127. The Balaban J connectivity index is 2.05.